The molecule has 0 saturated heterocycles. The first-order chi connectivity index (χ1) is 4.85. The number of hydrogen-bond donors (Lipinski definition) is 0. The van der Waals surface area contributed by atoms with Crippen molar-refractivity contribution in [1.29, 1.82) is 0 Å². The van der Waals surface area contributed by atoms with E-state index in [1.807, 2.05) is 12.2 Å². The van der Waals surface area contributed by atoms with Gasteiger partial charge in [-0.3, -0.25) is 0 Å². The summed E-state index contributed by atoms with van der Waals surface area (Å²) >= 11 is 0. The topological polar surface area (TPSA) is 0 Å². The van der Waals surface area contributed by atoms with Crippen LogP contribution in [0.3, 0.4) is 0 Å². The molecule has 0 radical (unpaired) electrons. The van der Waals surface area contributed by atoms with Crippen molar-refractivity contribution in [1.82, 2.24) is 0 Å². The molecule has 0 aromatic carbocycles. The van der Waals surface area contributed by atoms with Gasteiger partial charge in [-0.15, -0.1) is 0 Å². The van der Waals surface area contributed by atoms with Crippen molar-refractivity contribution < 1.29 is 0 Å². The van der Waals surface area contributed by atoms with Gasteiger partial charge in [-0.1, -0.05) is 44.7 Å². The summed E-state index contributed by atoms with van der Waals surface area (Å²) in [5.41, 5.74) is 1.34. The monoisotopic (exact) mass is 136 g/mol. The van der Waals surface area contributed by atoms with E-state index in [2.05, 4.69) is 32.6 Å². The first-order valence-electron chi connectivity index (χ1n) is 3.83. The molecule has 0 spiro atoms. The third kappa shape index (κ3) is 4.13. The summed E-state index contributed by atoms with van der Waals surface area (Å²) in [7, 11) is 0. The molecule has 0 nitrogen and oxygen atoms in total. The molecule has 0 amide bonds. The fraction of sp³-hybridized carbons (Fsp3) is 0.400. The zero-order valence-electron chi connectivity index (χ0n) is 6.93. The lowest BCUT2D eigenvalue weighted by atomic mass is 10.1. The van der Waals surface area contributed by atoms with Crippen molar-refractivity contribution in [3.05, 3.63) is 36.5 Å². The van der Waals surface area contributed by atoms with E-state index in [4.69, 9.17) is 0 Å². The van der Waals surface area contributed by atoms with Gasteiger partial charge in [-0.25, -0.2) is 0 Å². The normalized spacial score (nSPS) is 12.4. The fourth-order valence-corrected chi connectivity index (χ4v) is 0.712. The van der Waals surface area contributed by atoms with Crippen molar-refractivity contribution in [2.45, 2.75) is 26.7 Å². The lowest BCUT2D eigenvalue weighted by Crippen LogP contribution is -1.71. The number of rotatable bonds is 4. The van der Waals surface area contributed by atoms with Crippen LogP contribution in [0.4, 0.5) is 0 Å². The first kappa shape index (κ1) is 9.22. The minimum atomic E-state index is 1.09. The highest BCUT2D eigenvalue weighted by Crippen LogP contribution is 2.02. The molecule has 0 unspecified atom stereocenters. The highest BCUT2D eigenvalue weighted by molar-refractivity contribution is 5.22. The van der Waals surface area contributed by atoms with Gasteiger partial charge in [-0.05, 0) is 18.4 Å². The zero-order valence-corrected chi connectivity index (χ0v) is 6.93. The Morgan fingerprint density at radius 3 is 2.50 bits per heavy atom. The van der Waals surface area contributed by atoms with Gasteiger partial charge in [0.15, 0.2) is 0 Å². The lowest BCUT2D eigenvalue weighted by Gasteiger charge is -1.92. The molecule has 0 saturated carbocycles. The molecule has 56 valence electrons. The van der Waals surface area contributed by atoms with Crippen LogP contribution in [-0.4, -0.2) is 0 Å². The lowest BCUT2D eigenvalue weighted by molar-refractivity contribution is 1.13. The van der Waals surface area contributed by atoms with Gasteiger partial charge >= 0.3 is 0 Å². The smallest absolute Gasteiger partial charge is 0.0308 e. The molecule has 0 aliphatic heterocycles. The summed E-state index contributed by atoms with van der Waals surface area (Å²) in [6.07, 6.45) is 10.4. The van der Waals surface area contributed by atoms with E-state index >= 15 is 0 Å². The first-order valence-corrected chi connectivity index (χ1v) is 3.83. The third-order valence-electron chi connectivity index (χ3n) is 1.31. The van der Waals surface area contributed by atoms with Crippen molar-refractivity contribution in [2.75, 3.05) is 0 Å². The van der Waals surface area contributed by atoms with E-state index in [9.17, 15) is 0 Å². The maximum atomic E-state index is 3.65. The Labute approximate surface area is 64.0 Å². The second kappa shape index (κ2) is 6.34. The van der Waals surface area contributed by atoms with Crippen LogP contribution in [-0.2, 0) is 0 Å². The van der Waals surface area contributed by atoms with E-state index < -0.39 is 0 Å². The molecule has 0 aromatic heterocycles. The largest absolute Gasteiger partial charge is 0.0991 e. The molecule has 0 aromatic rings. The fourth-order valence-electron chi connectivity index (χ4n) is 0.712. The van der Waals surface area contributed by atoms with Crippen molar-refractivity contribution in [2.24, 2.45) is 0 Å². The van der Waals surface area contributed by atoms with Gasteiger partial charge in [0.1, 0.15) is 0 Å². The van der Waals surface area contributed by atoms with Gasteiger partial charge in [-0.2, -0.15) is 0 Å². The quantitative estimate of drug-likeness (QED) is 0.519. The predicted octanol–water partition coefficient (Wildman–Crippen LogP) is 3.48. The number of allylic oxidation sites excluding steroid dienone is 5. The van der Waals surface area contributed by atoms with Gasteiger partial charge in [0.05, 0.1) is 0 Å². The molecule has 0 fully saturated rings. The SMILES string of the molecule is C=C/C=C(\C=C\CC)CC. The Kier molecular flexibility index (Phi) is 5.85. The average molecular weight is 136 g/mol. The molecular formula is C10H16. The molecule has 0 heterocycles. The minimum absolute atomic E-state index is 1.09. The van der Waals surface area contributed by atoms with E-state index in [1.165, 1.54) is 5.57 Å². The predicted molar refractivity (Wildman–Crippen MR) is 48.0 cm³/mol. The highest BCUT2D eigenvalue weighted by atomic mass is 13.9. The molecule has 0 heteroatoms. The summed E-state index contributed by atoms with van der Waals surface area (Å²) < 4.78 is 0. The Hall–Kier alpha value is -0.780. The molecule has 0 atom stereocenters. The van der Waals surface area contributed by atoms with Crippen LogP contribution in [0, 0.1) is 0 Å². The number of hydrogen-bond acceptors (Lipinski definition) is 0. The molecule has 10 heavy (non-hydrogen) atoms. The van der Waals surface area contributed by atoms with Gasteiger partial charge in [0, 0.05) is 0 Å². The molecular weight excluding hydrogens is 120 g/mol. The Morgan fingerprint density at radius 1 is 1.40 bits per heavy atom. The molecule has 0 rings (SSSR count). The van der Waals surface area contributed by atoms with Gasteiger partial charge in [0.2, 0.25) is 0 Å². The maximum Gasteiger partial charge on any atom is -0.0308 e. The molecule has 0 N–H and O–H groups in total. The summed E-state index contributed by atoms with van der Waals surface area (Å²) in [5.74, 6) is 0. The third-order valence-corrected chi connectivity index (χ3v) is 1.31. The molecule has 0 aliphatic carbocycles. The van der Waals surface area contributed by atoms with E-state index in [1.54, 1.807) is 0 Å². The summed E-state index contributed by atoms with van der Waals surface area (Å²) in [4.78, 5) is 0. The van der Waals surface area contributed by atoms with Gasteiger partial charge < -0.3 is 0 Å². The van der Waals surface area contributed by atoms with Crippen molar-refractivity contribution in [3.63, 3.8) is 0 Å². The van der Waals surface area contributed by atoms with Crippen LogP contribution >= 0.6 is 0 Å². The van der Waals surface area contributed by atoms with Crippen LogP contribution in [0.25, 0.3) is 0 Å². The maximum absolute atomic E-state index is 3.65. The summed E-state index contributed by atoms with van der Waals surface area (Å²) in [6, 6.07) is 0. The standard InChI is InChI=1S/C10H16/c1-4-7-9-10(6-3)8-5-2/h5,7-9H,2,4,6H2,1,3H3/b9-7+,10-8-. The Balaban J connectivity index is 3.94. The van der Waals surface area contributed by atoms with E-state index in [0.717, 1.165) is 12.8 Å². The summed E-state index contributed by atoms with van der Waals surface area (Å²) in [6.45, 7) is 7.93. The van der Waals surface area contributed by atoms with Crippen LogP contribution in [0.1, 0.15) is 26.7 Å². The molecule has 0 aliphatic rings. The summed E-state index contributed by atoms with van der Waals surface area (Å²) in [5, 5.41) is 0. The average Bonchev–Trinajstić information content (AvgIpc) is 1.98. The second-order valence-corrected chi connectivity index (χ2v) is 2.14. The molecule has 0 bridgehead atoms. The van der Waals surface area contributed by atoms with Crippen LogP contribution in [0.2, 0.25) is 0 Å². The van der Waals surface area contributed by atoms with Crippen LogP contribution in [0.5, 0.6) is 0 Å². The van der Waals surface area contributed by atoms with Crippen LogP contribution < -0.4 is 0 Å². The van der Waals surface area contributed by atoms with E-state index in [-0.39, 0.29) is 0 Å². The van der Waals surface area contributed by atoms with Crippen molar-refractivity contribution >= 4 is 0 Å². The van der Waals surface area contributed by atoms with Gasteiger partial charge in [0.25, 0.3) is 0 Å². The van der Waals surface area contributed by atoms with Crippen LogP contribution in [0.15, 0.2) is 36.5 Å². The minimum Gasteiger partial charge on any atom is -0.0991 e. The highest BCUT2D eigenvalue weighted by Gasteiger charge is 1.82. The zero-order chi connectivity index (χ0) is 7.82. The van der Waals surface area contributed by atoms with Crippen molar-refractivity contribution in [3.8, 4) is 0 Å². The Morgan fingerprint density at radius 2 is 2.10 bits per heavy atom. The Bertz CT molecular complexity index is 138. The second-order valence-electron chi connectivity index (χ2n) is 2.14. The van der Waals surface area contributed by atoms with E-state index in [0.29, 0.717) is 0 Å².